The summed E-state index contributed by atoms with van der Waals surface area (Å²) in [6, 6.07) is 0.458. The van der Waals surface area contributed by atoms with Gasteiger partial charge in [0.05, 0.1) is 5.51 Å². The fourth-order valence-corrected chi connectivity index (χ4v) is 2.93. The van der Waals surface area contributed by atoms with E-state index >= 15 is 0 Å². The third-order valence-corrected chi connectivity index (χ3v) is 4.21. The van der Waals surface area contributed by atoms with Crippen LogP contribution in [0.3, 0.4) is 0 Å². The van der Waals surface area contributed by atoms with E-state index in [0.29, 0.717) is 6.04 Å². The van der Waals surface area contributed by atoms with Crippen LogP contribution in [0.5, 0.6) is 0 Å². The van der Waals surface area contributed by atoms with Crippen molar-refractivity contribution in [3.63, 3.8) is 0 Å². The normalized spacial score (nSPS) is 20.1. The second-order valence-electron chi connectivity index (χ2n) is 6.44. The summed E-state index contributed by atoms with van der Waals surface area (Å²) < 4.78 is 5.45. The van der Waals surface area contributed by atoms with Gasteiger partial charge in [0.1, 0.15) is 5.60 Å². The van der Waals surface area contributed by atoms with Crippen LogP contribution in [-0.2, 0) is 11.3 Å². The number of rotatable bonds is 3. The molecular formula is C15H25N3O2S. The molecule has 1 N–H and O–H groups in total. The van der Waals surface area contributed by atoms with E-state index in [1.165, 1.54) is 4.88 Å². The smallest absolute Gasteiger partial charge is 0.410 e. The second kappa shape index (κ2) is 7.22. The van der Waals surface area contributed by atoms with E-state index in [2.05, 4.69) is 10.3 Å². The van der Waals surface area contributed by atoms with Crippen molar-refractivity contribution >= 4 is 17.4 Å². The molecular weight excluding hydrogens is 286 g/mol. The van der Waals surface area contributed by atoms with Crippen molar-refractivity contribution in [2.24, 2.45) is 0 Å². The van der Waals surface area contributed by atoms with Crippen LogP contribution in [0.25, 0.3) is 0 Å². The van der Waals surface area contributed by atoms with Crippen LogP contribution in [0.15, 0.2) is 11.7 Å². The number of hydrogen-bond donors (Lipinski definition) is 1. The van der Waals surface area contributed by atoms with Gasteiger partial charge in [-0.15, -0.1) is 11.3 Å². The first-order valence-corrected chi connectivity index (χ1v) is 8.41. The highest BCUT2D eigenvalue weighted by atomic mass is 32.1. The Bertz CT molecular complexity index is 442. The molecule has 0 spiro atoms. The standard InChI is InChI=1S/C15H25N3O2S/c1-15(2,3)20-14(19)18-7-4-5-12(6-8-18)17-10-13-9-16-11-21-13/h9,11-12,17H,4-8,10H2,1-3H3. The lowest BCUT2D eigenvalue weighted by Crippen LogP contribution is -2.38. The lowest BCUT2D eigenvalue weighted by molar-refractivity contribution is 0.0256. The first kappa shape index (κ1) is 16.2. The van der Waals surface area contributed by atoms with Crippen molar-refractivity contribution in [2.45, 2.75) is 58.2 Å². The average Bonchev–Trinajstić information content (AvgIpc) is 2.78. The Morgan fingerprint density at radius 2 is 2.29 bits per heavy atom. The Kier molecular flexibility index (Phi) is 5.58. The van der Waals surface area contributed by atoms with E-state index in [-0.39, 0.29) is 6.09 Å². The molecule has 1 aromatic heterocycles. The molecule has 0 saturated carbocycles. The van der Waals surface area contributed by atoms with Gasteiger partial charge in [0.2, 0.25) is 0 Å². The van der Waals surface area contributed by atoms with E-state index in [0.717, 1.165) is 38.9 Å². The van der Waals surface area contributed by atoms with Crippen LogP contribution in [-0.4, -0.2) is 40.7 Å². The molecule has 0 aromatic carbocycles. The summed E-state index contributed by atoms with van der Waals surface area (Å²) in [6.45, 7) is 8.12. The minimum atomic E-state index is -0.423. The third kappa shape index (κ3) is 5.63. The molecule has 0 bridgehead atoms. The highest BCUT2D eigenvalue weighted by Crippen LogP contribution is 2.16. The number of thiazole rings is 1. The van der Waals surface area contributed by atoms with Gasteiger partial charge in [-0.05, 0) is 40.0 Å². The minimum absolute atomic E-state index is 0.189. The predicted octanol–water partition coefficient (Wildman–Crippen LogP) is 3.02. The van der Waals surface area contributed by atoms with Gasteiger partial charge in [0.25, 0.3) is 0 Å². The van der Waals surface area contributed by atoms with Gasteiger partial charge < -0.3 is 15.0 Å². The van der Waals surface area contributed by atoms with Crippen LogP contribution >= 0.6 is 11.3 Å². The monoisotopic (exact) mass is 311 g/mol. The largest absolute Gasteiger partial charge is 0.444 e. The molecule has 2 heterocycles. The Morgan fingerprint density at radius 1 is 1.48 bits per heavy atom. The highest BCUT2D eigenvalue weighted by molar-refractivity contribution is 7.09. The number of nitrogens with one attached hydrogen (secondary N) is 1. The predicted molar refractivity (Wildman–Crippen MR) is 84.4 cm³/mol. The second-order valence-corrected chi connectivity index (χ2v) is 7.41. The first-order chi connectivity index (χ1) is 9.94. The molecule has 1 amide bonds. The van der Waals surface area contributed by atoms with Crippen molar-refractivity contribution < 1.29 is 9.53 Å². The Morgan fingerprint density at radius 3 is 2.95 bits per heavy atom. The summed E-state index contributed by atoms with van der Waals surface area (Å²) in [6.07, 6.45) is 4.79. The van der Waals surface area contributed by atoms with Crippen LogP contribution in [0.2, 0.25) is 0 Å². The quantitative estimate of drug-likeness (QED) is 0.932. The van der Waals surface area contributed by atoms with Crippen LogP contribution in [0, 0.1) is 0 Å². The van der Waals surface area contributed by atoms with Crippen LogP contribution < -0.4 is 5.32 Å². The first-order valence-electron chi connectivity index (χ1n) is 7.53. The molecule has 5 nitrogen and oxygen atoms in total. The third-order valence-electron chi connectivity index (χ3n) is 3.43. The fraction of sp³-hybridized carbons (Fsp3) is 0.733. The molecule has 1 aliphatic rings. The maximum Gasteiger partial charge on any atom is 0.410 e. The molecule has 6 heteroatoms. The van der Waals surface area contributed by atoms with E-state index < -0.39 is 5.60 Å². The number of likely N-dealkylation sites (tertiary alicyclic amines) is 1. The number of carbonyl (C=O) groups is 1. The molecule has 1 atom stereocenters. The SMILES string of the molecule is CC(C)(C)OC(=O)N1CCCC(NCc2cncs2)CC1. The van der Waals surface area contributed by atoms with Crippen molar-refractivity contribution in [1.29, 1.82) is 0 Å². The lowest BCUT2D eigenvalue weighted by Gasteiger charge is -2.26. The Labute approximate surface area is 130 Å². The minimum Gasteiger partial charge on any atom is -0.444 e. The Balaban J connectivity index is 1.77. The maximum atomic E-state index is 12.1. The summed E-state index contributed by atoms with van der Waals surface area (Å²) in [4.78, 5) is 19.3. The van der Waals surface area contributed by atoms with E-state index in [1.54, 1.807) is 11.3 Å². The molecule has 1 fully saturated rings. The van der Waals surface area contributed by atoms with E-state index in [1.807, 2.05) is 37.4 Å². The van der Waals surface area contributed by atoms with Gasteiger partial charge in [0.15, 0.2) is 0 Å². The van der Waals surface area contributed by atoms with Crippen LogP contribution in [0.1, 0.15) is 44.9 Å². The van der Waals surface area contributed by atoms with Gasteiger partial charge in [0, 0.05) is 36.8 Å². The number of aromatic nitrogens is 1. The highest BCUT2D eigenvalue weighted by Gasteiger charge is 2.24. The topological polar surface area (TPSA) is 54.5 Å². The number of hydrogen-bond acceptors (Lipinski definition) is 5. The van der Waals surface area contributed by atoms with Crippen molar-refractivity contribution in [1.82, 2.24) is 15.2 Å². The number of nitrogens with zero attached hydrogens (tertiary/aromatic N) is 2. The molecule has 1 aliphatic heterocycles. The van der Waals surface area contributed by atoms with Gasteiger partial charge in [-0.25, -0.2) is 4.79 Å². The summed E-state index contributed by atoms with van der Waals surface area (Å²) in [5.74, 6) is 0. The van der Waals surface area contributed by atoms with E-state index in [9.17, 15) is 4.79 Å². The molecule has 0 aliphatic carbocycles. The van der Waals surface area contributed by atoms with Crippen molar-refractivity contribution in [2.75, 3.05) is 13.1 Å². The zero-order valence-electron chi connectivity index (χ0n) is 13.1. The Hall–Kier alpha value is -1.14. The van der Waals surface area contributed by atoms with Gasteiger partial charge in [-0.2, -0.15) is 0 Å². The number of amides is 1. The molecule has 2 rings (SSSR count). The lowest BCUT2D eigenvalue weighted by atomic mass is 10.1. The van der Waals surface area contributed by atoms with Gasteiger partial charge >= 0.3 is 6.09 Å². The summed E-state index contributed by atoms with van der Waals surface area (Å²) >= 11 is 1.67. The van der Waals surface area contributed by atoms with Gasteiger partial charge in [-0.1, -0.05) is 0 Å². The average molecular weight is 311 g/mol. The van der Waals surface area contributed by atoms with E-state index in [4.69, 9.17) is 4.74 Å². The maximum absolute atomic E-state index is 12.1. The molecule has 1 unspecified atom stereocenters. The zero-order valence-corrected chi connectivity index (χ0v) is 13.9. The molecule has 0 radical (unpaired) electrons. The molecule has 21 heavy (non-hydrogen) atoms. The van der Waals surface area contributed by atoms with Crippen molar-refractivity contribution in [3.05, 3.63) is 16.6 Å². The molecule has 1 aromatic rings. The van der Waals surface area contributed by atoms with Crippen molar-refractivity contribution in [3.8, 4) is 0 Å². The summed E-state index contributed by atoms with van der Waals surface area (Å²) in [5, 5.41) is 3.56. The molecule has 1 saturated heterocycles. The summed E-state index contributed by atoms with van der Waals surface area (Å²) in [7, 11) is 0. The van der Waals surface area contributed by atoms with Gasteiger partial charge in [-0.3, -0.25) is 4.98 Å². The number of ether oxygens (including phenoxy) is 1. The fourth-order valence-electron chi connectivity index (χ4n) is 2.38. The zero-order chi connectivity index (χ0) is 15.3. The number of carbonyl (C=O) groups excluding carboxylic acids is 1. The summed E-state index contributed by atoms with van der Waals surface area (Å²) in [5.41, 5.74) is 1.43. The van der Waals surface area contributed by atoms with Crippen LogP contribution in [0.4, 0.5) is 4.79 Å². The molecule has 118 valence electrons.